The molecule has 0 unspecified atom stereocenters. The Morgan fingerprint density at radius 3 is 2.42 bits per heavy atom. The molecular weight excluding hydrogens is 436 g/mol. The van der Waals surface area contributed by atoms with E-state index >= 15 is 0 Å². The van der Waals surface area contributed by atoms with Crippen LogP contribution in [-0.4, -0.2) is 77.2 Å². The van der Waals surface area contributed by atoms with Crippen LogP contribution in [-0.2, 0) is 26.1 Å². The highest BCUT2D eigenvalue weighted by Gasteiger charge is 2.27. The number of morpholine rings is 1. The minimum atomic E-state index is -3.55. The van der Waals surface area contributed by atoms with Crippen molar-refractivity contribution in [1.29, 1.82) is 0 Å². The second-order valence-electron chi connectivity index (χ2n) is 7.72. The number of carbonyl (C=O) groups is 1. The summed E-state index contributed by atoms with van der Waals surface area (Å²) in [5.41, 5.74) is 1.49. The number of carbonyl (C=O) groups excluding carboxylic acids is 1. The highest BCUT2D eigenvalue weighted by Crippen LogP contribution is 2.27. The zero-order valence-corrected chi connectivity index (χ0v) is 20.5. The van der Waals surface area contributed by atoms with Gasteiger partial charge >= 0.3 is 0 Å². The van der Waals surface area contributed by atoms with Crippen LogP contribution in [0.25, 0.3) is 11.0 Å². The van der Waals surface area contributed by atoms with E-state index in [4.69, 9.17) is 4.74 Å². The van der Waals surface area contributed by atoms with Gasteiger partial charge in [-0.3, -0.25) is 4.79 Å². The minimum absolute atomic E-state index is 0.0316. The van der Waals surface area contributed by atoms with Gasteiger partial charge in [0.25, 0.3) is 0 Å². The van der Waals surface area contributed by atoms with Crippen LogP contribution >= 0.6 is 11.8 Å². The Labute approximate surface area is 189 Å². The Morgan fingerprint density at radius 2 is 1.84 bits per heavy atom. The van der Waals surface area contributed by atoms with Crippen LogP contribution in [0.15, 0.2) is 28.3 Å². The van der Waals surface area contributed by atoms with Gasteiger partial charge < -0.3 is 14.2 Å². The molecule has 0 aliphatic carbocycles. The molecule has 3 rings (SSSR count). The van der Waals surface area contributed by atoms with Crippen molar-refractivity contribution in [1.82, 2.24) is 18.8 Å². The zero-order chi connectivity index (χ0) is 22.8. The molecule has 2 atom stereocenters. The normalized spacial score (nSPS) is 20.0. The summed E-state index contributed by atoms with van der Waals surface area (Å²) in [5.74, 6) is 0.347. The smallest absolute Gasteiger partial charge is 0.243 e. The highest BCUT2D eigenvalue weighted by atomic mass is 32.2. The van der Waals surface area contributed by atoms with Gasteiger partial charge in [0.05, 0.1) is 33.9 Å². The summed E-state index contributed by atoms with van der Waals surface area (Å²) >= 11 is 1.39. The molecule has 1 aromatic heterocycles. The Hall–Kier alpha value is -1.62. The molecule has 1 aromatic carbocycles. The van der Waals surface area contributed by atoms with Crippen molar-refractivity contribution in [2.24, 2.45) is 0 Å². The van der Waals surface area contributed by atoms with E-state index in [1.807, 2.05) is 44.1 Å². The quantitative estimate of drug-likeness (QED) is 0.554. The van der Waals surface area contributed by atoms with Crippen molar-refractivity contribution in [3.05, 3.63) is 18.2 Å². The number of amides is 1. The van der Waals surface area contributed by atoms with Crippen LogP contribution in [0, 0.1) is 0 Å². The lowest BCUT2D eigenvalue weighted by Crippen LogP contribution is -2.48. The van der Waals surface area contributed by atoms with E-state index in [0.717, 1.165) is 10.7 Å². The zero-order valence-electron chi connectivity index (χ0n) is 18.9. The molecule has 2 heterocycles. The summed E-state index contributed by atoms with van der Waals surface area (Å²) in [6.45, 7) is 12.3. The summed E-state index contributed by atoms with van der Waals surface area (Å²) in [6.07, 6.45) is 0.0631. The van der Waals surface area contributed by atoms with Crippen LogP contribution in [0.3, 0.4) is 0 Å². The lowest BCUT2D eigenvalue weighted by Gasteiger charge is -2.35. The van der Waals surface area contributed by atoms with E-state index in [-0.39, 0.29) is 28.8 Å². The Morgan fingerprint density at radius 1 is 1.19 bits per heavy atom. The number of hydrogen-bond donors (Lipinski definition) is 0. The lowest BCUT2D eigenvalue weighted by molar-refractivity contribution is -0.140. The molecule has 1 fully saturated rings. The maximum Gasteiger partial charge on any atom is 0.243 e. The molecule has 1 aliphatic heterocycles. The number of fused-ring (bicyclic) bond motifs is 1. The van der Waals surface area contributed by atoms with Crippen molar-refractivity contribution in [3.8, 4) is 0 Å². The van der Waals surface area contributed by atoms with E-state index in [1.54, 1.807) is 18.2 Å². The molecule has 8 nitrogen and oxygen atoms in total. The van der Waals surface area contributed by atoms with Gasteiger partial charge in [-0.15, -0.1) is 0 Å². The molecule has 0 bridgehead atoms. The fourth-order valence-corrected chi connectivity index (χ4v) is 6.44. The van der Waals surface area contributed by atoms with Gasteiger partial charge in [-0.05, 0) is 39.0 Å². The number of rotatable bonds is 8. The van der Waals surface area contributed by atoms with E-state index in [2.05, 4.69) is 4.98 Å². The van der Waals surface area contributed by atoms with E-state index in [1.165, 1.54) is 16.1 Å². The highest BCUT2D eigenvalue weighted by molar-refractivity contribution is 7.99. The molecule has 0 saturated carbocycles. The van der Waals surface area contributed by atoms with Crippen LogP contribution < -0.4 is 0 Å². The maximum absolute atomic E-state index is 12.9. The summed E-state index contributed by atoms with van der Waals surface area (Å²) < 4.78 is 34.9. The predicted octanol–water partition coefficient (Wildman–Crippen LogP) is 2.81. The first-order valence-corrected chi connectivity index (χ1v) is 13.2. The number of nitrogens with zero attached hydrogens (tertiary/aromatic N) is 4. The molecule has 1 aliphatic rings. The van der Waals surface area contributed by atoms with Crippen molar-refractivity contribution in [3.63, 3.8) is 0 Å². The minimum Gasteiger partial charge on any atom is -0.372 e. The molecule has 0 radical (unpaired) electrons. The van der Waals surface area contributed by atoms with Gasteiger partial charge in [0.15, 0.2) is 5.16 Å². The molecule has 2 aromatic rings. The molecule has 1 saturated heterocycles. The number of aryl methyl sites for hydroxylation is 1. The molecule has 172 valence electrons. The lowest BCUT2D eigenvalue weighted by atomic mass is 10.2. The molecule has 0 N–H and O–H groups in total. The van der Waals surface area contributed by atoms with Gasteiger partial charge in [-0.25, -0.2) is 13.4 Å². The fraction of sp³-hybridized carbons (Fsp3) is 0.619. The van der Waals surface area contributed by atoms with Gasteiger partial charge in [-0.1, -0.05) is 25.6 Å². The average molecular weight is 469 g/mol. The Bertz CT molecular complexity index is 1020. The van der Waals surface area contributed by atoms with Gasteiger partial charge in [0.2, 0.25) is 15.9 Å². The summed E-state index contributed by atoms with van der Waals surface area (Å²) in [7, 11) is -3.55. The van der Waals surface area contributed by atoms with E-state index < -0.39 is 10.0 Å². The monoisotopic (exact) mass is 468 g/mol. The number of ether oxygens (including phenoxy) is 1. The first-order chi connectivity index (χ1) is 14.7. The molecule has 1 amide bonds. The third-order valence-electron chi connectivity index (χ3n) is 5.44. The Kier molecular flexibility index (Phi) is 7.67. The van der Waals surface area contributed by atoms with E-state index in [0.29, 0.717) is 38.2 Å². The molecule has 0 spiro atoms. The number of benzene rings is 1. The van der Waals surface area contributed by atoms with Crippen LogP contribution in [0.1, 0.15) is 34.6 Å². The molecule has 31 heavy (non-hydrogen) atoms. The van der Waals surface area contributed by atoms with Gasteiger partial charge in [0.1, 0.15) is 0 Å². The number of imidazole rings is 1. The van der Waals surface area contributed by atoms with Crippen LogP contribution in [0.4, 0.5) is 0 Å². The largest absolute Gasteiger partial charge is 0.372 e. The Balaban J connectivity index is 1.82. The van der Waals surface area contributed by atoms with Crippen LogP contribution in [0.2, 0.25) is 0 Å². The SMILES string of the molecule is CCN(CC)S(=O)(=O)c1ccc2c(c1)nc(SCC(=O)N1C[C@@H](C)O[C@H](C)C1)n2CC. The van der Waals surface area contributed by atoms with Gasteiger partial charge in [0, 0.05) is 32.7 Å². The van der Waals surface area contributed by atoms with Crippen molar-refractivity contribution in [2.75, 3.05) is 31.9 Å². The third kappa shape index (κ3) is 5.08. The van der Waals surface area contributed by atoms with Crippen molar-refractivity contribution >= 4 is 38.7 Å². The first-order valence-electron chi connectivity index (χ1n) is 10.8. The number of aromatic nitrogens is 2. The topological polar surface area (TPSA) is 84.7 Å². The van der Waals surface area contributed by atoms with Crippen molar-refractivity contribution in [2.45, 2.75) is 63.4 Å². The van der Waals surface area contributed by atoms with Gasteiger partial charge in [-0.2, -0.15) is 4.31 Å². The van der Waals surface area contributed by atoms with Crippen molar-refractivity contribution < 1.29 is 17.9 Å². The number of thioether (sulfide) groups is 1. The second kappa shape index (κ2) is 9.89. The second-order valence-corrected chi connectivity index (χ2v) is 10.6. The fourth-order valence-electron chi connectivity index (χ4n) is 3.98. The predicted molar refractivity (Wildman–Crippen MR) is 123 cm³/mol. The summed E-state index contributed by atoms with van der Waals surface area (Å²) in [6, 6.07) is 5.08. The molecular formula is C21H32N4O4S2. The summed E-state index contributed by atoms with van der Waals surface area (Å²) in [5, 5.41) is 0.720. The molecule has 10 heteroatoms. The third-order valence-corrected chi connectivity index (χ3v) is 8.45. The first kappa shape index (κ1) is 24.0. The van der Waals surface area contributed by atoms with E-state index in [9.17, 15) is 13.2 Å². The average Bonchev–Trinajstić information content (AvgIpc) is 3.08. The number of sulfonamides is 1. The van der Waals surface area contributed by atoms with Crippen LogP contribution in [0.5, 0.6) is 0 Å². The standard InChI is InChI=1S/C21H32N4O4S2/c1-6-24(7-2)31(27,28)17-9-10-19-18(11-17)22-21(25(19)8-3)30-14-20(26)23-12-15(4)29-16(5)13-23/h9-11,15-16H,6-8,12-14H2,1-5H3/t15-,16-/m1/s1. The number of hydrogen-bond acceptors (Lipinski definition) is 6. The summed E-state index contributed by atoms with van der Waals surface area (Å²) in [4.78, 5) is 19.5. The maximum atomic E-state index is 12.9.